The molecule has 3 heterocycles. The molecule has 13 nitrogen and oxygen atoms in total. The van der Waals surface area contributed by atoms with Crippen molar-refractivity contribution >= 4 is 48.5 Å². The predicted molar refractivity (Wildman–Crippen MR) is 146 cm³/mol. The van der Waals surface area contributed by atoms with Crippen molar-refractivity contribution in [3.63, 3.8) is 0 Å². The maximum Gasteiger partial charge on any atom is 0.280 e. The zero-order valence-corrected chi connectivity index (χ0v) is 23.1. The zero-order valence-electron chi connectivity index (χ0n) is 21.5. The van der Waals surface area contributed by atoms with Crippen LogP contribution in [0, 0.1) is 0 Å². The highest BCUT2D eigenvalue weighted by atomic mass is 32.2. The Morgan fingerprint density at radius 2 is 2.05 bits per heavy atom. The zero-order chi connectivity index (χ0) is 27.8. The number of aliphatic hydroxyl groups is 1. The SMILES string of the molecule is CNCCOc1ccc2nc(NC(=O)C(=NO[C@@H]3CCOC3)c3ccc(S(=O)(=O)N(C)CCO)cc3)sc2n1. The number of aliphatic hydroxyl groups excluding tert-OH is 1. The minimum Gasteiger partial charge on any atom is -0.476 e. The van der Waals surface area contributed by atoms with Crippen molar-refractivity contribution in [1.82, 2.24) is 19.6 Å². The molecule has 39 heavy (non-hydrogen) atoms. The van der Waals surface area contributed by atoms with Crippen molar-refractivity contribution in [1.29, 1.82) is 0 Å². The number of aromatic nitrogens is 2. The fourth-order valence-electron chi connectivity index (χ4n) is 3.52. The topological polar surface area (TPSA) is 165 Å². The summed E-state index contributed by atoms with van der Waals surface area (Å²) in [7, 11) is -0.601. The second-order valence-corrected chi connectivity index (χ2v) is 11.5. The second kappa shape index (κ2) is 13.2. The molecule has 3 aromatic rings. The number of pyridine rings is 1. The Hall–Kier alpha value is -3.21. The number of rotatable bonds is 13. The molecule has 1 aliphatic rings. The van der Waals surface area contributed by atoms with Crippen LogP contribution < -0.4 is 15.4 Å². The quantitative estimate of drug-likeness (QED) is 0.152. The number of sulfonamides is 1. The van der Waals surface area contributed by atoms with Gasteiger partial charge >= 0.3 is 0 Å². The van der Waals surface area contributed by atoms with Crippen LogP contribution >= 0.6 is 11.3 Å². The lowest BCUT2D eigenvalue weighted by molar-refractivity contribution is -0.110. The second-order valence-electron chi connectivity index (χ2n) is 8.50. The van der Waals surface area contributed by atoms with Crippen molar-refractivity contribution in [2.45, 2.75) is 17.4 Å². The molecule has 1 aliphatic heterocycles. The van der Waals surface area contributed by atoms with Gasteiger partial charge in [0, 0.05) is 38.2 Å². The minimum atomic E-state index is -3.81. The van der Waals surface area contributed by atoms with Gasteiger partial charge in [0.25, 0.3) is 5.91 Å². The number of nitrogens with zero attached hydrogens (tertiary/aromatic N) is 4. The average molecular weight is 579 g/mol. The first-order valence-electron chi connectivity index (χ1n) is 12.2. The summed E-state index contributed by atoms with van der Waals surface area (Å²) < 4.78 is 37.4. The summed E-state index contributed by atoms with van der Waals surface area (Å²) in [6, 6.07) is 9.16. The van der Waals surface area contributed by atoms with Gasteiger partial charge in [-0.25, -0.2) is 18.4 Å². The Morgan fingerprint density at radius 3 is 2.74 bits per heavy atom. The molecule has 1 fully saturated rings. The van der Waals surface area contributed by atoms with Crippen molar-refractivity contribution in [2.24, 2.45) is 5.16 Å². The summed E-state index contributed by atoms with van der Waals surface area (Å²) in [6.45, 7) is 1.67. The number of benzene rings is 1. The molecule has 15 heteroatoms. The molecule has 2 aromatic heterocycles. The van der Waals surface area contributed by atoms with Gasteiger partial charge in [0.15, 0.2) is 16.9 Å². The molecule has 0 bridgehead atoms. The molecule has 3 N–H and O–H groups in total. The summed E-state index contributed by atoms with van der Waals surface area (Å²) >= 11 is 1.18. The van der Waals surface area contributed by atoms with Crippen LogP contribution in [0.2, 0.25) is 0 Å². The maximum absolute atomic E-state index is 13.3. The molecule has 0 radical (unpaired) electrons. The number of oxime groups is 1. The van der Waals surface area contributed by atoms with E-state index in [4.69, 9.17) is 19.4 Å². The van der Waals surface area contributed by atoms with Crippen LogP contribution in [0.25, 0.3) is 10.3 Å². The summed E-state index contributed by atoms with van der Waals surface area (Å²) in [5.41, 5.74) is 0.878. The number of ether oxygens (including phenoxy) is 2. The largest absolute Gasteiger partial charge is 0.476 e. The van der Waals surface area contributed by atoms with Gasteiger partial charge in [-0.05, 0) is 25.2 Å². The number of thiazole rings is 1. The first kappa shape index (κ1) is 28.8. The van der Waals surface area contributed by atoms with Gasteiger partial charge in [0.2, 0.25) is 15.9 Å². The number of nitrogens with one attached hydrogen (secondary N) is 2. The fraction of sp³-hybridized carbons (Fsp3) is 0.417. The van der Waals surface area contributed by atoms with Crippen LogP contribution in [-0.4, -0.2) is 99.1 Å². The van der Waals surface area contributed by atoms with E-state index in [-0.39, 0.29) is 29.9 Å². The van der Waals surface area contributed by atoms with Gasteiger partial charge < -0.3 is 24.7 Å². The van der Waals surface area contributed by atoms with Gasteiger partial charge in [-0.2, -0.15) is 4.31 Å². The normalized spacial score (nSPS) is 16.1. The van der Waals surface area contributed by atoms with Gasteiger partial charge in [0.1, 0.15) is 17.0 Å². The summed E-state index contributed by atoms with van der Waals surface area (Å²) in [5.74, 6) is -0.139. The molecule has 210 valence electrons. The van der Waals surface area contributed by atoms with Gasteiger partial charge in [-0.3, -0.25) is 10.1 Å². The number of hydrogen-bond donors (Lipinski definition) is 3. The highest BCUT2D eigenvalue weighted by Crippen LogP contribution is 2.26. The first-order valence-corrected chi connectivity index (χ1v) is 14.4. The highest BCUT2D eigenvalue weighted by Gasteiger charge is 2.24. The predicted octanol–water partition coefficient (Wildman–Crippen LogP) is 1.05. The van der Waals surface area contributed by atoms with Crippen LogP contribution in [0.3, 0.4) is 0 Å². The van der Waals surface area contributed by atoms with E-state index >= 15 is 0 Å². The van der Waals surface area contributed by atoms with E-state index in [0.717, 1.165) is 4.31 Å². The summed E-state index contributed by atoms with van der Waals surface area (Å²) in [5, 5.41) is 19.2. The molecule has 4 rings (SSSR count). The van der Waals surface area contributed by atoms with E-state index in [1.165, 1.54) is 42.6 Å². The van der Waals surface area contributed by atoms with Crippen LogP contribution in [0.5, 0.6) is 5.88 Å². The Labute approximate surface area is 229 Å². The Balaban J connectivity index is 1.56. The summed E-state index contributed by atoms with van der Waals surface area (Å²) in [4.78, 5) is 28.3. The lowest BCUT2D eigenvalue weighted by atomic mass is 10.1. The number of amides is 1. The van der Waals surface area contributed by atoms with E-state index in [1.54, 1.807) is 12.1 Å². The van der Waals surface area contributed by atoms with Crippen LogP contribution in [0.4, 0.5) is 5.13 Å². The number of carbonyl (C=O) groups is 1. The van der Waals surface area contributed by atoms with Crippen molar-refractivity contribution in [3.8, 4) is 5.88 Å². The lowest BCUT2D eigenvalue weighted by Gasteiger charge is -2.16. The molecule has 1 atom stereocenters. The molecule has 0 aliphatic carbocycles. The Morgan fingerprint density at radius 1 is 1.26 bits per heavy atom. The standard InChI is InChI=1S/C24H30N6O7S2/c1-25-10-14-36-20-8-7-19-23(27-20)38-24(26-19)28-22(32)21(29-37-17-9-13-35-15-17)16-3-5-18(6-4-16)39(33,34)30(2)11-12-31/h3-8,17,25,31H,9-15H2,1-2H3,(H,26,28,32)/t17-/m1/s1. The summed E-state index contributed by atoms with van der Waals surface area (Å²) in [6.07, 6.45) is 0.335. The molecule has 0 saturated carbocycles. The lowest BCUT2D eigenvalue weighted by Crippen LogP contribution is -2.29. The van der Waals surface area contributed by atoms with Crippen molar-refractivity contribution < 1.29 is 32.6 Å². The Kier molecular flexibility index (Phi) is 9.77. The van der Waals surface area contributed by atoms with Gasteiger partial charge in [-0.1, -0.05) is 28.6 Å². The number of likely N-dealkylation sites (N-methyl/N-ethyl adjacent to an activating group) is 2. The smallest absolute Gasteiger partial charge is 0.280 e. The monoisotopic (exact) mass is 578 g/mol. The number of anilines is 1. The van der Waals surface area contributed by atoms with Crippen LogP contribution in [-0.2, 0) is 24.4 Å². The van der Waals surface area contributed by atoms with E-state index in [0.29, 0.717) is 59.7 Å². The van der Waals surface area contributed by atoms with E-state index in [2.05, 4.69) is 25.8 Å². The van der Waals surface area contributed by atoms with E-state index < -0.39 is 15.9 Å². The van der Waals surface area contributed by atoms with E-state index in [9.17, 15) is 13.2 Å². The number of hydrogen-bond acceptors (Lipinski definition) is 12. The third-order valence-corrected chi connectivity index (χ3v) is 8.45. The highest BCUT2D eigenvalue weighted by molar-refractivity contribution is 7.89. The molecule has 1 amide bonds. The van der Waals surface area contributed by atoms with Crippen LogP contribution in [0.1, 0.15) is 12.0 Å². The Bertz CT molecular complexity index is 1410. The van der Waals surface area contributed by atoms with Crippen molar-refractivity contribution in [3.05, 3.63) is 42.0 Å². The van der Waals surface area contributed by atoms with E-state index in [1.807, 2.05) is 7.05 Å². The molecule has 1 aromatic carbocycles. The fourth-order valence-corrected chi connectivity index (χ4v) is 5.51. The number of carbonyl (C=O) groups excluding carboxylic acids is 1. The average Bonchev–Trinajstić information content (AvgIpc) is 3.58. The molecule has 1 saturated heterocycles. The molecule has 0 unspecified atom stereocenters. The molecule has 0 spiro atoms. The third-order valence-electron chi connectivity index (χ3n) is 5.70. The van der Waals surface area contributed by atoms with Crippen LogP contribution in [0.15, 0.2) is 46.4 Å². The third kappa shape index (κ3) is 7.26. The first-order chi connectivity index (χ1) is 18.8. The van der Waals surface area contributed by atoms with Gasteiger partial charge in [0.05, 0.1) is 24.7 Å². The molecular formula is C24H30N6O7S2. The van der Waals surface area contributed by atoms with Gasteiger partial charge in [-0.15, -0.1) is 0 Å². The van der Waals surface area contributed by atoms with Crippen molar-refractivity contribution in [2.75, 3.05) is 58.9 Å². The number of fused-ring (bicyclic) bond motifs is 1. The minimum absolute atomic E-state index is 0.0112. The maximum atomic E-state index is 13.3. The molecular weight excluding hydrogens is 548 g/mol.